The molecule has 3 aliphatic carbocycles. The summed E-state index contributed by atoms with van der Waals surface area (Å²) in [6, 6.07) is 0. The first-order valence-corrected chi connectivity index (χ1v) is 5.79. The van der Waals surface area contributed by atoms with Gasteiger partial charge in [0.15, 0.2) is 0 Å². The number of aliphatic carboxylic acids is 1. The Balaban J connectivity index is 1.91. The van der Waals surface area contributed by atoms with Crippen molar-refractivity contribution in [2.75, 3.05) is 6.54 Å². The number of carboxylic acids is 1. The van der Waals surface area contributed by atoms with E-state index in [-0.39, 0.29) is 11.8 Å². The van der Waals surface area contributed by atoms with Crippen LogP contribution in [0, 0.1) is 29.1 Å². The molecule has 0 aliphatic heterocycles. The largest absolute Gasteiger partial charge is 0.481 e. The Kier molecular flexibility index (Phi) is 1.78. The molecule has 0 radical (unpaired) electrons. The van der Waals surface area contributed by atoms with Gasteiger partial charge < -0.3 is 10.8 Å². The highest BCUT2D eigenvalue weighted by molar-refractivity contribution is 5.68. The van der Waals surface area contributed by atoms with Crippen LogP contribution in [0.15, 0.2) is 12.2 Å². The molecule has 3 aliphatic rings. The second kappa shape index (κ2) is 2.85. The Morgan fingerprint density at radius 3 is 2.93 bits per heavy atom. The molecule has 3 N–H and O–H groups in total. The maximum atomic E-state index is 11.0. The van der Waals surface area contributed by atoms with Crippen molar-refractivity contribution in [3.63, 3.8) is 0 Å². The second-order valence-corrected chi connectivity index (χ2v) is 5.34. The van der Waals surface area contributed by atoms with Crippen LogP contribution in [-0.2, 0) is 4.79 Å². The van der Waals surface area contributed by atoms with E-state index in [0.717, 1.165) is 11.8 Å². The quantitative estimate of drug-likeness (QED) is 0.684. The van der Waals surface area contributed by atoms with E-state index in [2.05, 4.69) is 12.2 Å². The van der Waals surface area contributed by atoms with Crippen molar-refractivity contribution in [1.82, 2.24) is 0 Å². The summed E-state index contributed by atoms with van der Waals surface area (Å²) in [6.45, 7) is 0.530. The van der Waals surface area contributed by atoms with Gasteiger partial charge in [-0.05, 0) is 43.1 Å². The number of allylic oxidation sites excluding steroid dienone is 2. The standard InChI is InChI=1S/C12H17NO2/c13-6-12(5-10(14)15)8-3-1-7-2-4-9(12)11(7)8/h1,3,7-9,11H,2,4-6,13H2,(H,14,15)/t7?,8-,9+,11+,12+/m1/s1. The average Bonchev–Trinajstić information content (AvgIpc) is 2.67. The van der Waals surface area contributed by atoms with Crippen molar-refractivity contribution >= 4 is 5.97 Å². The van der Waals surface area contributed by atoms with Gasteiger partial charge >= 0.3 is 5.97 Å². The van der Waals surface area contributed by atoms with Crippen molar-refractivity contribution in [1.29, 1.82) is 0 Å². The number of rotatable bonds is 3. The van der Waals surface area contributed by atoms with Gasteiger partial charge in [0.2, 0.25) is 0 Å². The number of carboxylic acid groups (broad SMARTS) is 1. The lowest BCUT2D eigenvalue weighted by Crippen LogP contribution is -2.58. The molecule has 15 heavy (non-hydrogen) atoms. The van der Waals surface area contributed by atoms with Gasteiger partial charge in [-0.2, -0.15) is 0 Å². The molecule has 0 bridgehead atoms. The number of nitrogens with two attached hydrogens (primary N) is 1. The Bertz CT molecular complexity index is 339. The predicted octanol–water partition coefficient (Wildman–Crippen LogP) is 1.25. The van der Waals surface area contributed by atoms with E-state index in [1.165, 1.54) is 12.8 Å². The first-order chi connectivity index (χ1) is 7.19. The topological polar surface area (TPSA) is 63.3 Å². The molecule has 82 valence electrons. The van der Waals surface area contributed by atoms with E-state index >= 15 is 0 Å². The third kappa shape index (κ3) is 0.969. The first-order valence-electron chi connectivity index (χ1n) is 5.79. The van der Waals surface area contributed by atoms with Crippen LogP contribution in [0.4, 0.5) is 0 Å². The molecule has 2 fully saturated rings. The highest BCUT2D eigenvalue weighted by atomic mass is 16.4. The molecule has 3 nitrogen and oxygen atoms in total. The van der Waals surface area contributed by atoms with Crippen LogP contribution in [-0.4, -0.2) is 17.6 Å². The fraction of sp³-hybridized carbons (Fsp3) is 0.750. The zero-order chi connectivity index (χ0) is 10.6. The molecule has 2 saturated carbocycles. The Hall–Kier alpha value is -0.830. The normalized spacial score (nSPS) is 50.2. The highest BCUT2D eigenvalue weighted by Crippen LogP contribution is 2.69. The zero-order valence-corrected chi connectivity index (χ0v) is 8.73. The summed E-state index contributed by atoms with van der Waals surface area (Å²) in [4.78, 5) is 11.0. The summed E-state index contributed by atoms with van der Waals surface area (Å²) < 4.78 is 0. The minimum atomic E-state index is -0.692. The van der Waals surface area contributed by atoms with Crippen LogP contribution in [0.5, 0.6) is 0 Å². The Labute approximate surface area is 89.3 Å². The third-order valence-electron chi connectivity index (χ3n) is 5.01. The lowest BCUT2D eigenvalue weighted by atomic mass is 9.47. The smallest absolute Gasteiger partial charge is 0.303 e. The van der Waals surface area contributed by atoms with Crippen LogP contribution in [0.25, 0.3) is 0 Å². The molecular weight excluding hydrogens is 190 g/mol. The zero-order valence-electron chi connectivity index (χ0n) is 8.73. The van der Waals surface area contributed by atoms with Gasteiger partial charge in [0.05, 0.1) is 6.42 Å². The molecule has 3 rings (SSSR count). The monoisotopic (exact) mass is 207 g/mol. The van der Waals surface area contributed by atoms with Gasteiger partial charge in [-0.1, -0.05) is 12.2 Å². The van der Waals surface area contributed by atoms with E-state index < -0.39 is 5.97 Å². The van der Waals surface area contributed by atoms with Gasteiger partial charge in [-0.25, -0.2) is 0 Å². The summed E-state index contributed by atoms with van der Waals surface area (Å²) in [5, 5.41) is 9.01. The lowest BCUT2D eigenvalue weighted by molar-refractivity contribution is -0.150. The Morgan fingerprint density at radius 2 is 2.27 bits per heavy atom. The maximum absolute atomic E-state index is 11.0. The highest BCUT2D eigenvalue weighted by Gasteiger charge is 2.65. The number of hydrogen-bond acceptors (Lipinski definition) is 2. The molecule has 0 aromatic carbocycles. The van der Waals surface area contributed by atoms with Crippen LogP contribution in [0.2, 0.25) is 0 Å². The van der Waals surface area contributed by atoms with Gasteiger partial charge in [0.25, 0.3) is 0 Å². The van der Waals surface area contributed by atoms with E-state index in [9.17, 15) is 4.79 Å². The maximum Gasteiger partial charge on any atom is 0.303 e. The van der Waals surface area contributed by atoms with Crippen LogP contribution < -0.4 is 5.73 Å². The number of carbonyl (C=O) groups is 1. The lowest BCUT2D eigenvalue weighted by Gasteiger charge is -2.57. The molecule has 0 aromatic rings. The summed E-state index contributed by atoms with van der Waals surface area (Å²) in [6.07, 6.45) is 7.21. The molecule has 0 heterocycles. The van der Waals surface area contributed by atoms with Crippen molar-refractivity contribution in [3.8, 4) is 0 Å². The first kappa shape index (κ1) is 9.40. The molecule has 0 spiro atoms. The van der Waals surface area contributed by atoms with Crippen LogP contribution in [0.1, 0.15) is 19.3 Å². The molecule has 0 amide bonds. The van der Waals surface area contributed by atoms with Gasteiger partial charge in [-0.15, -0.1) is 0 Å². The second-order valence-electron chi connectivity index (χ2n) is 5.34. The van der Waals surface area contributed by atoms with Crippen molar-refractivity contribution < 1.29 is 9.90 Å². The minimum absolute atomic E-state index is 0.113. The van der Waals surface area contributed by atoms with Gasteiger partial charge in [-0.3, -0.25) is 4.79 Å². The summed E-state index contributed by atoms with van der Waals surface area (Å²) in [7, 11) is 0. The van der Waals surface area contributed by atoms with E-state index in [0.29, 0.717) is 18.4 Å². The Morgan fingerprint density at radius 1 is 1.47 bits per heavy atom. The third-order valence-corrected chi connectivity index (χ3v) is 5.01. The minimum Gasteiger partial charge on any atom is -0.481 e. The average molecular weight is 207 g/mol. The van der Waals surface area contributed by atoms with E-state index in [1.54, 1.807) is 0 Å². The van der Waals surface area contributed by atoms with Crippen molar-refractivity contribution in [2.45, 2.75) is 19.3 Å². The fourth-order valence-corrected chi connectivity index (χ4v) is 4.45. The molecule has 0 saturated heterocycles. The molecule has 0 aromatic heterocycles. The van der Waals surface area contributed by atoms with Crippen LogP contribution in [0.3, 0.4) is 0 Å². The molecule has 1 unspecified atom stereocenters. The molecular formula is C12H17NO2. The van der Waals surface area contributed by atoms with Gasteiger partial charge in [0, 0.05) is 5.41 Å². The summed E-state index contributed by atoms with van der Waals surface area (Å²) in [5.74, 6) is 1.80. The van der Waals surface area contributed by atoms with Crippen molar-refractivity contribution in [2.24, 2.45) is 34.8 Å². The van der Waals surface area contributed by atoms with E-state index in [1.807, 2.05) is 0 Å². The van der Waals surface area contributed by atoms with Crippen molar-refractivity contribution in [3.05, 3.63) is 12.2 Å². The predicted molar refractivity (Wildman–Crippen MR) is 56.1 cm³/mol. The number of hydrogen-bond donors (Lipinski definition) is 2. The van der Waals surface area contributed by atoms with Gasteiger partial charge in [0.1, 0.15) is 0 Å². The molecule has 3 heteroatoms. The van der Waals surface area contributed by atoms with Crippen LogP contribution >= 0.6 is 0 Å². The fourth-order valence-electron chi connectivity index (χ4n) is 4.45. The van der Waals surface area contributed by atoms with E-state index in [4.69, 9.17) is 10.8 Å². The SMILES string of the molecule is NC[C@@]1(CC(=O)O)[C@@H]2C=CC3CC[C@H]1[C@@H]32. The summed E-state index contributed by atoms with van der Waals surface area (Å²) >= 11 is 0. The summed E-state index contributed by atoms with van der Waals surface area (Å²) in [5.41, 5.74) is 5.75. The molecule has 5 atom stereocenters.